The fourth-order valence-corrected chi connectivity index (χ4v) is 3.29. The SMILES string of the molecule is COc1ccccc1C1=C(Nc2cccc(C(F)(F)F)c2)C(=O)N(CCOC(C)C)C1=O. The first-order valence-electron chi connectivity index (χ1n) is 9.93. The molecule has 1 heterocycles. The van der Waals surface area contributed by atoms with Gasteiger partial charge >= 0.3 is 6.18 Å². The Morgan fingerprint density at radius 2 is 1.75 bits per heavy atom. The Morgan fingerprint density at radius 1 is 1.03 bits per heavy atom. The predicted octanol–water partition coefficient (Wildman–Crippen LogP) is 4.33. The van der Waals surface area contributed by atoms with Gasteiger partial charge in [-0.25, -0.2) is 0 Å². The predicted molar refractivity (Wildman–Crippen MR) is 113 cm³/mol. The molecule has 0 saturated heterocycles. The average Bonchev–Trinajstić information content (AvgIpc) is 2.97. The van der Waals surface area contributed by atoms with E-state index in [1.54, 1.807) is 24.3 Å². The van der Waals surface area contributed by atoms with E-state index in [1.807, 2.05) is 13.8 Å². The highest BCUT2D eigenvalue weighted by Gasteiger charge is 2.40. The third-order valence-corrected chi connectivity index (χ3v) is 4.77. The summed E-state index contributed by atoms with van der Waals surface area (Å²) < 4.78 is 50.2. The molecule has 0 unspecified atom stereocenters. The molecule has 0 bridgehead atoms. The van der Waals surface area contributed by atoms with Crippen LogP contribution in [0.25, 0.3) is 5.57 Å². The number of halogens is 3. The smallest absolute Gasteiger partial charge is 0.416 e. The molecule has 0 aromatic heterocycles. The van der Waals surface area contributed by atoms with E-state index >= 15 is 0 Å². The van der Waals surface area contributed by atoms with Gasteiger partial charge in [-0.2, -0.15) is 13.2 Å². The number of amides is 2. The molecule has 2 aromatic rings. The molecule has 2 amide bonds. The van der Waals surface area contributed by atoms with Gasteiger partial charge < -0.3 is 14.8 Å². The molecule has 1 aliphatic heterocycles. The Morgan fingerprint density at radius 3 is 2.41 bits per heavy atom. The van der Waals surface area contributed by atoms with Crippen molar-refractivity contribution < 1.29 is 32.2 Å². The lowest BCUT2D eigenvalue weighted by Gasteiger charge is -2.16. The van der Waals surface area contributed by atoms with E-state index in [2.05, 4.69) is 5.32 Å². The number of ether oxygens (including phenoxy) is 2. The van der Waals surface area contributed by atoms with E-state index < -0.39 is 23.6 Å². The fraction of sp³-hybridized carbons (Fsp3) is 0.304. The first-order valence-corrected chi connectivity index (χ1v) is 9.93. The largest absolute Gasteiger partial charge is 0.496 e. The molecule has 1 N–H and O–H groups in total. The molecule has 0 spiro atoms. The number of para-hydroxylation sites is 1. The topological polar surface area (TPSA) is 67.9 Å². The van der Waals surface area contributed by atoms with E-state index in [4.69, 9.17) is 9.47 Å². The summed E-state index contributed by atoms with van der Waals surface area (Å²) in [4.78, 5) is 27.3. The van der Waals surface area contributed by atoms with Crippen LogP contribution in [0.15, 0.2) is 54.2 Å². The maximum atomic E-state index is 13.2. The van der Waals surface area contributed by atoms with Crippen LogP contribution in [0.2, 0.25) is 0 Å². The number of imide groups is 1. The summed E-state index contributed by atoms with van der Waals surface area (Å²) in [5, 5.41) is 2.73. The second-order valence-corrected chi connectivity index (χ2v) is 7.34. The quantitative estimate of drug-likeness (QED) is 0.609. The van der Waals surface area contributed by atoms with Gasteiger partial charge in [0, 0.05) is 11.3 Å². The molecule has 6 nitrogen and oxygen atoms in total. The van der Waals surface area contributed by atoms with Crippen LogP contribution in [0.3, 0.4) is 0 Å². The molecule has 32 heavy (non-hydrogen) atoms. The van der Waals surface area contributed by atoms with E-state index in [9.17, 15) is 22.8 Å². The Labute approximate surface area is 183 Å². The Bertz CT molecular complexity index is 1050. The third-order valence-electron chi connectivity index (χ3n) is 4.77. The van der Waals surface area contributed by atoms with Crippen molar-refractivity contribution in [2.24, 2.45) is 0 Å². The average molecular weight is 448 g/mol. The second-order valence-electron chi connectivity index (χ2n) is 7.34. The second kappa shape index (κ2) is 9.44. The lowest BCUT2D eigenvalue weighted by molar-refractivity contribution is -0.138. The monoisotopic (exact) mass is 448 g/mol. The number of nitrogens with one attached hydrogen (secondary N) is 1. The molecule has 2 aromatic carbocycles. The van der Waals surface area contributed by atoms with Gasteiger partial charge in [-0.1, -0.05) is 24.3 Å². The summed E-state index contributed by atoms with van der Waals surface area (Å²) in [6, 6.07) is 11.1. The molecule has 170 valence electrons. The van der Waals surface area contributed by atoms with Crippen molar-refractivity contribution in [3.63, 3.8) is 0 Å². The normalized spacial score (nSPS) is 14.5. The van der Waals surface area contributed by atoms with Crippen LogP contribution in [0.5, 0.6) is 5.75 Å². The van der Waals surface area contributed by atoms with Gasteiger partial charge in [0.25, 0.3) is 11.8 Å². The van der Waals surface area contributed by atoms with Crippen molar-refractivity contribution in [3.8, 4) is 5.75 Å². The first-order chi connectivity index (χ1) is 15.1. The summed E-state index contributed by atoms with van der Waals surface area (Å²) in [6.07, 6.45) is -4.64. The molecule has 3 rings (SSSR count). The molecule has 9 heteroatoms. The highest BCUT2D eigenvalue weighted by molar-refractivity contribution is 6.37. The number of nitrogens with zero attached hydrogens (tertiary/aromatic N) is 1. The van der Waals surface area contributed by atoms with Crippen molar-refractivity contribution in [3.05, 3.63) is 65.4 Å². The first kappa shape index (κ1) is 23.3. The van der Waals surface area contributed by atoms with Crippen LogP contribution in [0.1, 0.15) is 25.0 Å². The van der Waals surface area contributed by atoms with Gasteiger partial charge in [0.05, 0.1) is 37.5 Å². The van der Waals surface area contributed by atoms with Crippen LogP contribution >= 0.6 is 0 Å². The molecular formula is C23H23F3N2O4. The molecule has 0 saturated carbocycles. The zero-order valence-corrected chi connectivity index (χ0v) is 17.8. The van der Waals surface area contributed by atoms with E-state index in [1.165, 1.54) is 19.2 Å². The van der Waals surface area contributed by atoms with Crippen LogP contribution in [-0.2, 0) is 20.5 Å². The highest BCUT2D eigenvalue weighted by Crippen LogP contribution is 2.36. The number of alkyl halides is 3. The molecular weight excluding hydrogens is 425 g/mol. The summed E-state index contributed by atoms with van der Waals surface area (Å²) in [6.45, 7) is 3.78. The van der Waals surface area contributed by atoms with Gasteiger partial charge in [0.2, 0.25) is 0 Å². The Hall–Kier alpha value is -3.33. The van der Waals surface area contributed by atoms with Gasteiger partial charge in [0.1, 0.15) is 11.4 Å². The molecule has 1 aliphatic rings. The van der Waals surface area contributed by atoms with E-state index in [-0.39, 0.29) is 36.2 Å². The van der Waals surface area contributed by atoms with Gasteiger partial charge in [0.15, 0.2) is 0 Å². The summed E-state index contributed by atoms with van der Waals surface area (Å²) in [7, 11) is 1.43. The Kier molecular flexibility index (Phi) is 6.88. The van der Waals surface area contributed by atoms with Crippen molar-refractivity contribution in [1.82, 2.24) is 4.90 Å². The van der Waals surface area contributed by atoms with Crippen LogP contribution in [0, 0.1) is 0 Å². The number of anilines is 1. The number of carbonyl (C=O) groups is 2. The number of methoxy groups -OCH3 is 1. The van der Waals surface area contributed by atoms with Crippen molar-refractivity contribution >= 4 is 23.1 Å². The third kappa shape index (κ3) is 4.94. The Balaban J connectivity index is 2.03. The lowest BCUT2D eigenvalue weighted by atomic mass is 10.0. The molecule has 0 fully saturated rings. The van der Waals surface area contributed by atoms with Crippen LogP contribution in [0.4, 0.5) is 18.9 Å². The zero-order chi connectivity index (χ0) is 23.5. The van der Waals surface area contributed by atoms with Crippen molar-refractivity contribution in [2.75, 3.05) is 25.6 Å². The molecule has 0 atom stereocenters. The van der Waals surface area contributed by atoms with Crippen LogP contribution in [-0.4, -0.2) is 43.1 Å². The van der Waals surface area contributed by atoms with Gasteiger partial charge in [-0.15, -0.1) is 0 Å². The summed E-state index contributed by atoms with van der Waals surface area (Å²) >= 11 is 0. The minimum Gasteiger partial charge on any atom is -0.496 e. The lowest BCUT2D eigenvalue weighted by Crippen LogP contribution is -2.35. The van der Waals surface area contributed by atoms with Crippen molar-refractivity contribution in [1.29, 1.82) is 0 Å². The number of benzene rings is 2. The maximum Gasteiger partial charge on any atom is 0.416 e. The fourth-order valence-electron chi connectivity index (χ4n) is 3.29. The number of rotatable bonds is 8. The highest BCUT2D eigenvalue weighted by atomic mass is 19.4. The van der Waals surface area contributed by atoms with Gasteiger partial charge in [-0.05, 0) is 38.1 Å². The maximum absolute atomic E-state index is 13.2. The summed E-state index contributed by atoms with van der Waals surface area (Å²) in [5.74, 6) is -0.880. The number of hydrogen-bond donors (Lipinski definition) is 1. The van der Waals surface area contributed by atoms with Gasteiger partial charge in [-0.3, -0.25) is 14.5 Å². The van der Waals surface area contributed by atoms with E-state index in [0.29, 0.717) is 11.3 Å². The van der Waals surface area contributed by atoms with E-state index in [0.717, 1.165) is 17.0 Å². The zero-order valence-electron chi connectivity index (χ0n) is 17.8. The summed E-state index contributed by atoms with van der Waals surface area (Å²) in [5.41, 5.74) is -0.586. The molecule has 0 radical (unpaired) electrons. The van der Waals surface area contributed by atoms with Crippen LogP contribution < -0.4 is 10.1 Å². The number of carbonyl (C=O) groups excluding carboxylic acids is 2. The standard InChI is InChI=1S/C23H23F3N2O4/c1-14(2)32-12-11-28-21(29)19(17-9-4-5-10-18(17)31-3)20(22(28)30)27-16-8-6-7-15(13-16)23(24,25)26/h4-10,13-14,27H,11-12H2,1-3H3. The number of hydrogen-bond acceptors (Lipinski definition) is 5. The minimum atomic E-state index is -4.55. The van der Waals surface area contributed by atoms with Crippen molar-refractivity contribution in [2.45, 2.75) is 26.1 Å². The molecule has 0 aliphatic carbocycles. The minimum absolute atomic E-state index is 0.00225.